The molecule has 18 heavy (non-hydrogen) atoms. The van der Waals surface area contributed by atoms with E-state index in [0.717, 1.165) is 25.2 Å². The van der Waals surface area contributed by atoms with Gasteiger partial charge >= 0.3 is 0 Å². The summed E-state index contributed by atoms with van der Waals surface area (Å²) in [7, 11) is 0. The lowest BCUT2D eigenvalue weighted by Gasteiger charge is -2.32. The predicted octanol–water partition coefficient (Wildman–Crippen LogP) is 0.942. The Labute approximate surface area is 111 Å². The summed E-state index contributed by atoms with van der Waals surface area (Å²) in [6.07, 6.45) is 4.04. The van der Waals surface area contributed by atoms with Crippen LogP contribution in [0.25, 0.3) is 0 Å². The van der Waals surface area contributed by atoms with Crippen LogP contribution in [0.15, 0.2) is 0 Å². The van der Waals surface area contributed by atoms with Crippen molar-refractivity contribution in [3.8, 4) is 0 Å². The van der Waals surface area contributed by atoms with E-state index in [0.29, 0.717) is 12.6 Å². The first-order chi connectivity index (χ1) is 8.72. The Bertz CT molecular complexity index is 248. The standard InChI is InChI=1S/C14H28N2O2/c1-12(2)16-13-3-4-14(16)11-15(6-5-13)7-9-18-10-8-17/h12-14,17H,3-11H2,1-2H3. The molecule has 0 spiro atoms. The second-order valence-corrected chi connectivity index (χ2v) is 5.85. The highest BCUT2D eigenvalue weighted by atomic mass is 16.5. The Morgan fingerprint density at radius 1 is 1.17 bits per heavy atom. The molecule has 2 aliphatic rings. The molecular weight excluding hydrogens is 228 g/mol. The van der Waals surface area contributed by atoms with E-state index in [-0.39, 0.29) is 6.61 Å². The SMILES string of the molecule is CC(C)N1C2CCC1CN(CCOCCO)CC2. The molecule has 0 aromatic rings. The van der Waals surface area contributed by atoms with Crippen LogP contribution in [0.1, 0.15) is 33.1 Å². The molecule has 4 heteroatoms. The minimum atomic E-state index is 0.131. The Hall–Kier alpha value is -0.160. The summed E-state index contributed by atoms with van der Waals surface area (Å²) in [4.78, 5) is 5.27. The Balaban J connectivity index is 1.80. The van der Waals surface area contributed by atoms with Crippen LogP contribution in [-0.4, -0.2) is 72.5 Å². The molecular formula is C14H28N2O2. The highest BCUT2D eigenvalue weighted by molar-refractivity contribution is 4.94. The van der Waals surface area contributed by atoms with Crippen molar-refractivity contribution in [1.82, 2.24) is 9.80 Å². The third-order valence-corrected chi connectivity index (χ3v) is 4.31. The number of aliphatic hydroxyl groups excluding tert-OH is 1. The zero-order chi connectivity index (χ0) is 13.0. The average molecular weight is 256 g/mol. The maximum Gasteiger partial charge on any atom is 0.0698 e. The molecule has 0 aliphatic carbocycles. The molecule has 4 nitrogen and oxygen atoms in total. The van der Waals surface area contributed by atoms with E-state index in [1.165, 1.54) is 32.4 Å². The van der Waals surface area contributed by atoms with Crippen LogP contribution in [0, 0.1) is 0 Å². The second kappa shape index (κ2) is 6.85. The van der Waals surface area contributed by atoms with Crippen LogP contribution in [0.2, 0.25) is 0 Å². The zero-order valence-corrected chi connectivity index (χ0v) is 11.8. The number of rotatable bonds is 6. The number of ether oxygens (including phenoxy) is 1. The van der Waals surface area contributed by atoms with Crippen molar-refractivity contribution < 1.29 is 9.84 Å². The molecule has 0 amide bonds. The van der Waals surface area contributed by atoms with E-state index < -0.39 is 0 Å². The molecule has 0 saturated carbocycles. The van der Waals surface area contributed by atoms with Gasteiger partial charge in [-0.25, -0.2) is 0 Å². The largest absolute Gasteiger partial charge is 0.394 e. The van der Waals surface area contributed by atoms with E-state index in [1.807, 2.05) is 0 Å². The third kappa shape index (κ3) is 3.44. The molecule has 0 aromatic carbocycles. The Morgan fingerprint density at radius 2 is 1.94 bits per heavy atom. The minimum Gasteiger partial charge on any atom is -0.394 e. The molecule has 2 rings (SSSR count). The van der Waals surface area contributed by atoms with E-state index in [9.17, 15) is 0 Å². The fraction of sp³-hybridized carbons (Fsp3) is 1.00. The first-order valence-corrected chi connectivity index (χ1v) is 7.40. The Kier molecular flexibility index (Phi) is 5.42. The number of nitrogens with zero attached hydrogens (tertiary/aromatic N) is 2. The summed E-state index contributed by atoms with van der Waals surface area (Å²) in [6, 6.07) is 2.22. The third-order valence-electron chi connectivity index (χ3n) is 4.31. The van der Waals surface area contributed by atoms with E-state index in [1.54, 1.807) is 0 Å². The van der Waals surface area contributed by atoms with Crippen molar-refractivity contribution in [2.75, 3.05) is 39.5 Å². The maximum absolute atomic E-state index is 8.68. The first-order valence-electron chi connectivity index (χ1n) is 7.40. The molecule has 2 bridgehead atoms. The molecule has 0 aromatic heterocycles. The fourth-order valence-electron chi connectivity index (χ4n) is 3.59. The summed E-state index contributed by atoms with van der Waals surface area (Å²) < 4.78 is 5.38. The van der Waals surface area contributed by atoms with Crippen molar-refractivity contribution in [2.24, 2.45) is 0 Å². The number of likely N-dealkylation sites (tertiary alicyclic amines) is 1. The van der Waals surface area contributed by atoms with Crippen molar-refractivity contribution in [3.63, 3.8) is 0 Å². The minimum absolute atomic E-state index is 0.131. The van der Waals surface area contributed by atoms with Gasteiger partial charge in [0.1, 0.15) is 0 Å². The van der Waals surface area contributed by atoms with E-state index >= 15 is 0 Å². The molecule has 106 valence electrons. The van der Waals surface area contributed by atoms with Crippen LogP contribution in [0.4, 0.5) is 0 Å². The lowest BCUT2D eigenvalue weighted by Crippen LogP contribution is -2.43. The van der Waals surface area contributed by atoms with Gasteiger partial charge in [0, 0.05) is 31.2 Å². The van der Waals surface area contributed by atoms with Crippen molar-refractivity contribution >= 4 is 0 Å². The van der Waals surface area contributed by atoms with Crippen LogP contribution in [-0.2, 0) is 4.74 Å². The van der Waals surface area contributed by atoms with Gasteiger partial charge in [-0.15, -0.1) is 0 Å². The number of hydrogen-bond donors (Lipinski definition) is 1. The molecule has 2 fully saturated rings. The van der Waals surface area contributed by atoms with Gasteiger partial charge in [-0.2, -0.15) is 0 Å². The van der Waals surface area contributed by atoms with Gasteiger partial charge in [0.15, 0.2) is 0 Å². The van der Waals surface area contributed by atoms with E-state index in [4.69, 9.17) is 9.84 Å². The van der Waals surface area contributed by atoms with Gasteiger partial charge < -0.3 is 9.84 Å². The van der Waals surface area contributed by atoms with Gasteiger partial charge in [0.2, 0.25) is 0 Å². The lowest BCUT2D eigenvalue weighted by molar-refractivity contribution is 0.0702. The molecule has 2 aliphatic heterocycles. The smallest absolute Gasteiger partial charge is 0.0698 e. The predicted molar refractivity (Wildman–Crippen MR) is 72.7 cm³/mol. The fourth-order valence-corrected chi connectivity index (χ4v) is 3.59. The average Bonchev–Trinajstić information content (AvgIpc) is 2.62. The molecule has 0 radical (unpaired) electrons. The summed E-state index contributed by atoms with van der Waals surface area (Å²) in [5.74, 6) is 0. The number of hydrogen-bond acceptors (Lipinski definition) is 4. The summed E-state index contributed by atoms with van der Waals surface area (Å²) in [5.41, 5.74) is 0. The zero-order valence-electron chi connectivity index (χ0n) is 11.8. The number of fused-ring (bicyclic) bond motifs is 2. The molecule has 2 heterocycles. The quantitative estimate of drug-likeness (QED) is 0.718. The van der Waals surface area contributed by atoms with Crippen molar-refractivity contribution in [3.05, 3.63) is 0 Å². The second-order valence-electron chi connectivity index (χ2n) is 5.85. The van der Waals surface area contributed by atoms with E-state index in [2.05, 4.69) is 23.6 Å². The van der Waals surface area contributed by atoms with Gasteiger partial charge in [-0.1, -0.05) is 0 Å². The van der Waals surface area contributed by atoms with Gasteiger partial charge in [-0.3, -0.25) is 9.80 Å². The van der Waals surface area contributed by atoms with Crippen LogP contribution in [0.3, 0.4) is 0 Å². The van der Waals surface area contributed by atoms with Gasteiger partial charge in [0.25, 0.3) is 0 Å². The molecule has 2 atom stereocenters. The van der Waals surface area contributed by atoms with Crippen molar-refractivity contribution in [1.29, 1.82) is 0 Å². The van der Waals surface area contributed by atoms with Crippen LogP contribution in [0.5, 0.6) is 0 Å². The Morgan fingerprint density at radius 3 is 2.67 bits per heavy atom. The summed E-state index contributed by atoms with van der Waals surface area (Å²) in [6.45, 7) is 9.40. The van der Waals surface area contributed by atoms with Crippen molar-refractivity contribution in [2.45, 2.75) is 51.2 Å². The van der Waals surface area contributed by atoms with Gasteiger partial charge in [-0.05, 0) is 39.7 Å². The molecule has 1 N–H and O–H groups in total. The van der Waals surface area contributed by atoms with Gasteiger partial charge in [0.05, 0.1) is 19.8 Å². The van der Waals surface area contributed by atoms with Crippen LogP contribution < -0.4 is 0 Å². The van der Waals surface area contributed by atoms with Crippen LogP contribution >= 0.6 is 0 Å². The highest BCUT2D eigenvalue weighted by Gasteiger charge is 2.38. The highest BCUT2D eigenvalue weighted by Crippen LogP contribution is 2.31. The summed E-state index contributed by atoms with van der Waals surface area (Å²) in [5, 5.41) is 8.68. The topological polar surface area (TPSA) is 35.9 Å². The lowest BCUT2D eigenvalue weighted by atomic mass is 10.1. The molecule has 2 saturated heterocycles. The maximum atomic E-state index is 8.68. The summed E-state index contributed by atoms with van der Waals surface area (Å²) >= 11 is 0. The molecule has 2 unspecified atom stereocenters. The normalized spacial score (nSPS) is 30.0. The number of aliphatic hydroxyl groups is 1. The monoisotopic (exact) mass is 256 g/mol. The first kappa shape index (κ1) is 14.3.